The molecule has 13 heteroatoms. The zero-order valence-corrected chi connectivity index (χ0v) is 29.3. The maximum atomic E-state index is 14.2. The number of likely N-dealkylation sites (N-methyl/N-ethyl adjacent to an activating group) is 1. The van der Waals surface area contributed by atoms with Crippen LogP contribution in [0.4, 0.5) is 10.5 Å². The van der Waals surface area contributed by atoms with E-state index in [9.17, 15) is 24.0 Å². The third-order valence-corrected chi connectivity index (χ3v) is 9.50. The molecule has 2 aromatic carbocycles. The first-order chi connectivity index (χ1) is 24.5. The fraction of sp³-hybridized carbons (Fsp3) is 0.368. The summed E-state index contributed by atoms with van der Waals surface area (Å²) in [6.45, 7) is 7.65. The van der Waals surface area contributed by atoms with Crippen molar-refractivity contribution in [2.24, 2.45) is 0 Å². The van der Waals surface area contributed by atoms with Crippen molar-refractivity contribution in [2.75, 3.05) is 25.5 Å². The summed E-state index contributed by atoms with van der Waals surface area (Å²) >= 11 is 0. The van der Waals surface area contributed by atoms with Gasteiger partial charge in [-0.25, -0.2) is 14.6 Å². The summed E-state index contributed by atoms with van der Waals surface area (Å²) in [5, 5.41) is 6.46. The van der Waals surface area contributed by atoms with Crippen molar-refractivity contribution in [3.05, 3.63) is 92.8 Å². The monoisotopic (exact) mass is 695 g/mol. The number of esters is 1. The van der Waals surface area contributed by atoms with Crippen LogP contribution >= 0.6 is 0 Å². The number of carbonyl (C=O) groups is 4. The summed E-state index contributed by atoms with van der Waals surface area (Å²) in [6.07, 6.45) is -0.577. The first-order valence-corrected chi connectivity index (χ1v) is 17.0. The molecule has 2 aromatic heterocycles. The van der Waals surface area contributed by atoms with Gasteiger partial charge in [0.1, 0.15) is 13.2 Å². The molecule has 0 aliphatic carbocycles. The topological polar surface area (TPSA) is 158 Å². The largest absolute Gasteiger partial charge is 0.510 e. The number of para-hydroxylation sites is 1. The van der Waals surface area contributed by atoms with E-state index < -0.39 is 17.7 Å². The summed E-state index contributed by atoms with van der Waals surface area (Å²) in [5.41, 5.74) is 3.04. The minimum atomic E-state index is -1.93. The smallest absolute Gasteiger partial charge is 0.457 e. The Bertz CT molecular complexity index is 2090. The SMILES string of the molecule is CC[C@@]1(OC(=O)OCc2ccc(NC(=O)CNC)cc2)C(=O)OCc2c1cc1n(c2=O)Cc2c-1nc1ccccc1c2CCN(C(C)=O)C(C)C. The highest BCUT2D eigenvalue weighted by Crippen LogP contribution is 2.42. The lowest BCUT2D eigenvalue weighted by atomic mass is 9.85. The minimum Gasteiger partial charge on any atom is -0.457 e. The number of amides is 2. The van der Waals surface area contributed by atoms with Gasteiger partial charge in [0.25, 0.3) is 5.56 Å². The zero-order valence-electron chi connectivity index (χ0n) is 29.3. The molecule has 266 valence electrons. The van der Waals surface area contributed by atoms with Crippen molar-refractivity contribution in [3.63, 3.8) is 0 Å². The lowest BCUT2D eigenvalue weighted by molar-refractivity contribution is -0.175. The summed E-state index contributed by atoms with van der Waals surface area (Å²) in [5.74, 6) is -1.02. The van der Waals surface area contributed by atoms with Crippen molar-refractivity contribution >= 4 is 40.5 Å². The van der Waals surface area contributed by atoms with Gasteiger partial charge < -0.3 is 34.3 Å². The van der Waals surface area contributed by atoms with E-state index in [4.69, 9.17) is 19.2 Å². The molecule has 1 atom stereocenters. The first-order valence-electron chi connectivity index (χ1n) is 17.0. The average molecular weight is 696 g/mol. The van der Waals surface area contributed by atoms with Gasteiger partial charge in [0.2, 0.25) is 17.4 Å². The van der Waals surface area contributed by atoms with Crippen molar-refractivity contribution in [1.29, 1.82) is 0 Å². The van der Waals surface area contributed by atoms with Gasteiger partial charge in [-0.05, 0) is 69.1 Å². The summed E-state index contributed by atoms with van der Waals surface area (Å²) in [4.78, 5) is 71.9. The number of hydrogen-bond acceptors (Lipinski definition) is 10. The predicted molar refractivity (Wildman–Crippen MR) is 189 cm³/mol. The fourth-order valence-corrected chi connectivity index (χ4v) is 6.93. The first kappa shape index (κ1) is 35.3. The van der Waals surface area contributed by atoms with E-state index in [-0.39, 0.29) is 67.3 Å². The molecular formula is C38H41N5O8. The molecule has 0 unspecified atom stereocenters. The fourth-order valence-electron chi connectivity index (χ4n) is 6.93. The van der Waals surface area contributed by atoms with Gasteiger partial charge in [-0.1, -0.05) is 37.3 Å². The maximum Gasteiger partial charge on any atom is 0.510 e. The second-order valence-electron chi connectivity index (χ2n) is 13.0. The quantitative estimate of drug-likeness (QED) is 0.190. The van der Waals surface area contributed by atoms with Gasteiger partial charge in [0.05, 0.1) is 35.6 Å². The van der Waals surface area contributed by atoms with Gasteiger partial charge in [-0.3, -0.25) is 14.4 Å². The molecule has 6 rings (SSSR count). The third kappa shape index (κ3) is 6.68. The molecule has 13 nitrogen and oxygen atoms in total. The standard InChI is InChI=1S/C38H41N5O8/c1-6-38(51-37(48)50-20-24-11-13-25(14-12-24)40-33(45)18-39-5)30-17-32-34-28(19-43(32)35(46)29(30)21-49-36(38)47)26(15-16-42(22(2)3)23(4)44)27-9-7-8-10-31(27)41-34/h7-14,17,22,39H,6,15-16,18-21H2,1-5H3,(H,40,45)/t38-/m0/s1. The number of ether oxygens (including phenoxy) is 3. The van der Waals surface area contributed by atoms with Crippen LogP contribution in [0.1, 0.15) is 61.9 Å². The van der Waals surface area contributed by atoms with E-state index in [1.54, 1.807) is 55.8 Å². The molecule has 0 saturated heterocycles. The zero-order chi connectivity index (χ0) is 36.4. The van der Waals surface area contributed by atoms with Crippen LogP contribution in [0.15, 0.2) is 59.4 Å². The van der Waals surface area contributed by atoms with Gasteiger partial charge in [0, 0.05) is 41.7 Å². The van der Waals surface area contributed by atoms with Crippen LogP contribution in [-0.2, 0) is 60.4 Å². The number of nitrogens with zero attached hydrogens (tertiary/aromatic N) is 3. The number of anilines is 1. The maximum absolute atomic E-state index is 14.2. The van der Waals surface area contributed by atoms with Crippen LogP contribution in [-0.4, -0.2) is 64.6 Å². The molecule has 0 fully saturated rings. The Labute approximate surface area is 294 Å². The summed E-state index contributed by atoms with van der Waals surface area (Å²) in [6, 6.07) is 16.2. The van der Waals surface area contributed by atoms with E-state index in [2.05, 4.69) is 10.6 Å². The Morgan fingerprint density at radius 2 is 1.82 bits per heavy atom. The highest BCUT2D eigenvalue weighted by molar-refractivity contribution is 5.92. The molecule has 51 heavy (non-hydrogen) atoms. The molecule has 0 spiro atoms. The molecule has 4 aromatic rings. The van der Waals surface area contributed by atoms with Crippen molar-refractivity contribution in [3.8, 4) is 11.4 Å². The minimum absolute atomic E-state index is 0.0167. The highest BCUT2D eigenvalue weighted by atomic mass is 16.7. The molecular weight excluding hydrogens is 654 g/mol. The number of fused-ring (bicyclic) bond motifs is 5. The summed E-state index contributed by atoms with van der Waals surface area (Å²) < 4.78 is 18.3. The Balaban J connectivity index is 1.31. The molecule has 0 bridgehead atoms. The van der Waals surface area contributed by atoms with Crippen LogP contribution in [0.3, 0.4) is 0 Å². The van der Waals surface area contributed by atoms with Gasteiger partial charge in [0.15, 0.2) is 0 Å². The highest BCUT2D eigenvalue weighted by Gasteiger charge is 2.51. The second-order valence-corrected chi connectivity index (χ2v) is 13.0. The Morgan fingerprint density at radius 1 is 1.08 bits per heavy atom. The van der Waals surface area contributed by atoms with E-state index in [1.165, 1.54) is 0 Å². The summed E-state index contributed by atoms with van der Waals surface area (Å²) in [7, 11) is 1.67. The van der Waals surface area contributed by atoms with E-state index in [1.807, 2.05) is 43.0 Å². The lowest BCUT2D eigenvalue weighted by Crippen LogP contribution is -2.47. The molecule has 2 aliphatic heterocycles. The van der Waals surface area contributed by atoms with Crippen LogP contribution in [0, 0.1) is 0 Å². The molecule has 2 aliphatic rings. The van der Waals surface area contributed by atoms with Gasteiger partial charge in [-0.2, -0.15) is 0 Å². The number of hydrogen-bond donors (Lipinski definition) is 2. The number of carbonyl (C=O) groups excluding carboxylic acids is 4. The Hall–Kier alpha value is -5.56. The number of benzene rings is 2. The molecule has 2 amide bonds. The number of pyridine rings is 2. The lowest BCUT2D eigenvalue weighted by Gasteiger charge is -2.35. The van der Waals surface area contributed by atoms with E-state index in [0.29, 0.717) is 35.6 Å². The molecule has 0 saturated carbocycles. The number of aromatic nitrogens is 2. The van der Waals surface area contributed by atoms with Crippen molar-refractivity contribution < 1.29 is 33.4 Å². The van der Waals surface area contributed by atoms with Crippen LogP contribution in [0.2, 0.25) is 0 Å². The van der Waals surface area contributed by atoms with E-state index in [0.717, 1.165) is 22.0 Å². The number of rotatable bonds is 11. The van der Waals surface area contributed by atoms with Gasteiger partial charge >= 0.3 is 12.1 Å². The van der Waals surface area contributed by atoms with Crippen LogP contribution in [0.5, 0.6) is 0 Å². The van der Waals surface area contributed by atoms with Crippen molar-refractivity contribution in [2.45, 2.75) is 71.9 Å². The van der Waals surface area contributed by atoms with Crippen molar-refractivity contribution in [1.82, 2.24) is 19.8 Å². The number of cyclic esters (lactones) is 1. The second kappa shape index (κ2) is 14.4. The van der Waals surface area contributed by atoms with Gasteiger partial charge in [-0.15, -0.1) is 0 Å². The molecule has 4 heterocycles. The Kier molecular flexibility index (Phi) is 9.93. The molecule has 0 radical (unpaired) electrons. The average Bonchev–Trinajstić information content (AvgIpc) is 3.47. The van der Waals surface area contributed by atoms with Crippen LogP contribution in [0.25, 0.3) is 22.3 Å². The molecule has 2 N–H and O–H groups in total. The normalized spacial score (nSPS) is 15.8. The van der Waals surface area contributed by atoms with Crippen LogP contribution < -0.4 is 16.2 Å². The Morgan fingerprint density at radius 3 is 2.51 bits per heavy atom. The van der Waals surface area contributed by atoms with E-state index >= 15 is 0 Å². The third-order valence-electron chi connectivity index (χ3n) is 9.50. The predicted octanol–water partition coefficient (Wildman–Crippen LogP) is 4.40. The number of nitrogens with one attached hydrogen (secondary N) is 2.